The van der Waals surface area contributed by atoms with Crippen molar-refractivity contribution in [2.45, 2.75) is 25.4 Å². The van der Waals surface area contributed by atoms with Gasteiger partial charge in [-0.3, -0.25) is 0 Å². The molecule has 2 unspecified atom stereocenters. The molecule has 0 bridgehead atoms. The Morgan fingerprint density at radius 2 is 2.12 bits per heavy atom. The maximum Gasteiger partial charge on any atom is 0.0624 e. The first kappa shape index (κ1) is 13.3. The normalized spacial score (nSPS) is 31.2. The van der Waals surface area contributed by atoms with Crippen LogP contribution in [-0.4, -0.2) is 74.0 Å². The fourth-order valence-corrected chi connectivity index (χ4v) is 2.77. The van der Waals surface area contributed by atoms with Crippen LogP contribution in [0.5, 0.6) is 0 Å². The van der Waals surface area contributed by atoms with Crippen molar-refractivity contribution in [2.24, 2.45) is 5.92 Å². The third kappa shape index (κ3) is 4.21. The van der Waals surface area contributed by atoms with Crippen LogP contribution in [0.1, 0.15) is 19.3 Å². The smallest absolute Gasteiger partial charge is 0.0624 e. The van der Waals surface area contributed by atoms with Crippen LogP contribution in [0.4, 0.5) is 0 Å². The number of nitrogens with zero attached hydrogens (tertiary/aromatic N) is 2. The number of hydrogen-bond acceptors (Lipinski definition) is 4. The van der Waals surface area contributed by atoms with E-state index in [0.29, 0.717) is 5.92 Å². The first-order chi connectivity index (χ1) is 8.25. The third-order valence-corrected chi connectivity index (χ3v) is 3.98. The Bertz CT molecular complexity index is 219. The van der Waals surface area contributed by atoms with E-state index in [4.69, 9.17) is 4.74 Å². The summed E-state index contributed by atoms with van der Waals surface area (Å²) in [5.41, 5.74) is 0. The lowest BCUT2D eigenvalue weighted by Crippen LogP contribution is -2.41. The topological polar surface area (TPSA) is 35.9 Å². The van der Waals surface area contributed by atoms with E-state index in [2.05, 4.69) is 16.8 Å². The Morgan fingerprint density at radius 3 is 2.82 bits per heavy atom. The van der Waals surface area contributed by atoms with Gasteiger partial charge >= 0.3 is 0 Å². The van der Waals surface area contributed by atoms with Gasteiger partial charge in [0.15, 0.2) is 0 Å². The zero-order valence-electron chi connectivity index (χ0n) is 11.0. The molecule has 4 heteroatoms. The van der Waals surface area contributed by atoms with Gasteiger partial charge in [-0.15, -0.1) is 0 Å². The SMILES string of the molecule is CN(CCN1CCCC1)CC1COCCC1O. The minimum Gasteiger partial charge on any atom is -0.393 e. The first-order valence-corrected chi connectivity index (χ1v) is 6.92. The second-order valence-corrected chi connectivity index (χ2v) is 5.50. The zero-order valence-corrected chi connectivity index (χ0v) is 11.0. The number of aliphatic hydroxyl groups is 1. The van der Waals surface area contributed by atoms with E-state index >= 15 is 0 Å². The van der Waals surface area contributed by atoms with Gasteiger partial charge in [0, 0.05) is 32.2 Å². The minimum absolute atomic E-state index is 0.169. The van der Waals surface area contributed by atoms with Crippen molar-refractivity contribution >= 4 is 0 Å². The molecular formula is C13H26N2O2. The molecule has 0 amide bonds. The van der Waals surface area contributed by atoms with E-state index in [-0.39, 0.29) is 6.10 Å². The average molecular weight is 242 g/mol. The number of ether oxygens (including phenoxy) is 1. The lowest BCUT2D eigenvalue weighted by Gasteiger charge is -2.31. The molecular weight excluding hydrogens is 216 g/mol. The van der Waals surface area contributed by atoms with Crippen molar-refractivity contribution in [1.29, 1.82) is 0 Å². The molecule has 17 heavy (non-hydrogen) atoms. The summed E-state index contributed by atoms with van der Waals surface area (Å²) < 4.78 is 5.43. The molecule has 0 spiro atoms. The Morgan fingerprint density at radius 1 is 1.35 bits per heavy atom. The van der Waals surface area contributed by atoms with E-state index < -0.39 is 0 Å². The predicted molar refractivity (Wildman–Crippen MR) is 68.1 cm³/mol. The molecule has 1 N–H and O–H groups in total. The van der Waals surface area contributed by atoms with Crippen LogP contribution in [0.25, 0.3) is 0 Å². The summed E-state index contributed by atoms with van der Waals surface area (Å²) in [4.78, 5) is 4.87. The summed E-state index contributed by atoms with van der Waals surface area (Å²) in [6, 6.07) is 0. The molecule has 2 saturated heterocycles. The summed E-state index contributed by atoms with van der Waals surface area (Å²) in [5, 5.41) is 9.88. The molecule has 100 valence electrons. The second kappa shape index (κ2) is 6.69. The molecule has 4 nitrogen and oxygen atoms in total. The third-order valence-electron chi connectivity index (χ3n) is 3.98. The van der Waals surface area contributed by atoms with Crippen LogP contribution >= 0.6 is 0 Å². The van der Waals surface area contributed by atoms with Gasteiger partial charge in [-0.25, -0.2) is 0 Å². The van der Waals surface area contributed by atoms with Crippen LogP contribution < -0.4 is 0 Å². The van der Waals surface area contributed by atoms with Gasteiger partial charge in [0.1, 0.15) is 0 Å². The molecule has 2 atom stereocenters. The van der Waals surface area contributed by atoms with Gasteiger partial charge in [-0.05, 0) is 39.4 Å². The van der Waals surface area contributed by atoms with Crippen molar-refractivity contribution in [3.05, 3.63) is 0 Å². The fraction of sp³-hybridized carbons (Fsp3) is 1.00. The largest absolute Gasteiger partial charge is 0.393 e. The van der Waals surface area contributed by atoms with Gasteiger partial charge in [0.05, 0.1) is 12.7 Å². The molecule has 0 aromatic carbocycles. The quantitative estimate of drug-likeness (QED) is 0.757. The number of likely N-dealkylation sites (N-methyl/N-ethyl adjacent to an activating group) is 1. The monoisotopic (exact) mass is 242 g/mol. The second-order valence-electron chi connectivity index (χ2n) is 5.50. The molecule has 0 aromatic rings. The van der Waals surface area contributed by atoms with Gasteiger partial charge < -0.3 is 19.6 Å². The molecule has 0 aromatic heterocycles. The molecule has 2 rings (SSSR count). The van der Waals surface area contributed by atoms with Crippen LogP contribution in [0.15, 0.2) is 0 Å². The average Bonchev–Trinajstić information content (AvgIpc) is 2.82. The standard InChI is InChI=1S/C13H26N2O2/c1-14(7-8-15-5-2-3-6-15)10-12-11-17-9-4-13(12)16/h12-13,16H,2-11H2,1H3. The van der Waals surface area contributed by atoms with Crippen molar-refractivity contribution in [2.75, 3.05) is 53.0 Å². The van der Waals surface area contributed by atoms with E-state index in [1.54, 1.807) is 0 Å². The number of hydrogen-bond donors (Lipinski definition) is 1. The van der Waals surface area contributed by atoms with Crippen LogP contribution in [-0.2, 0) is 4.74 Å². The van der Waals surface area contributed by atoms with Crippen molar-refractivity contribution < 1.29 is 9.84 Å². The molecule has 0 aliphatic carbocycles. The Balaban J connectivity index is 1.63. The van der Waals surface area contributed by atoms with Gasteiger partial charge in [0.25, 0.3) is 0 Å². The summed E-state index contributed by atoms with van der Waals surface area (Å²) in [6.07, 6.45) is 3.35. The summed E-state index contributed by atoms with van der Waals surface area (Å²) in [5.74, 6) is 0.298. The van der Waals surface area contributed by atoms with Crippen LogP contribution in [0.2, 0.25) is 0 Å². The number of likely N-dealkylation sites (tertiary alicyclic amines) is 1. The lowest BCUT2D eigenvalue weighted by molar-refractivity contribution is -0.0447. The van der Waals surface area contributed by atoms with E-state index in [0.717, 1.165) is 32.7 Å². The van der Waals surface area contributed by atoms with Crippen molar-refractivity contribution in [1.82, 2.24) is 9.80 Å². The highest BCUT2D eigenvalue weighted by atomic mass is 16.5. The maximum absolute atomic E-state index is 9.88. The van der Waals surface area contributed by atoms with Gasteiger partial charge in [-0.2, -0.15) is 0 Å². The molecule has 0 saturated carbocycles. The fourth-order valence-electron chi connectivity index (χ4n) is 2.77. The Labute approximate surface area is 105 Å². The van der Waals surface area contributed by atoms with E-state index in [9.17, 15) is 5.11 Å². The number of rotatable bonds is 5. The summed E-state index contributed by atoms with van der Waals surface area (Å²) in [7, 11) is 2.15. The zero-order chi connectivity index (χ0) is 12.1. The molecule has 2 aliphatic heterocycles. The van der Waals surface area contributed by atoms with Gasteiger partial charge in [-0.1, -0.05) is 0 Å². The van der Waals surface area contributed by atoms with Crippen LogP contribution in [0.3, 0.4) is 0 Å². The lowest BCUT2D eigenvalue weighted by atomic mass is 9.98. The summed E-state index contributed by atoms with van der Waals surface area (Å²) in [6.45, 7) is 7.19. The summed E-state index contributed by atoms with van der Waals surface area (Å²) >= 11 is 0. The van der Waals surface area contributed by atoms with E-state index in [1.165, 1.54) is 32.5 Å². The number of aliphatic hydroxyl groups excluding tert-OH is 1. The molecule has 2 fully saturated rings. The minimum atomic E-state index is -0.169. The van der Waals surface area contributed by atoms with E-state index in [1.807, 2.05) is 0 Å². The predicted octanol–water partition coefficient (Wildman–Crippen LogP) is 0.411. The molecule has 2 heterocycles. The van der Waals surface area contributed by atoms with Crippen LogP contribution in [0, 0.1) is 5.92 Å². The van der Waals surface area contributed by atoms with Gasteiger partial charge in [0.2, 0.25) is 0 Å². The molecule has 2 aliphatic rings. The highest BCUT2D eigenvalue weighted by Gasteiger charge is 2.24. The van der Waals surface area contributed by atoms with Crippen molar-refractivity contribution in [3.8, 4) is 0 Å². The van der Waals surface area contributed by atoms with Crippen molar-refractivity contribution in [3.63, 3.8) is 0 Å². The highest BCUT2D eigenvalue weighted by molar-refractivity contribution is 4.76. The first-order valence-electron chi connectivity index (χ1n) is 6.92. The molecule has 0 radical (unpaired) electrons. The Hall–Kier alpha value is -0.160. The Kier molecular flexibility index (Phi) is 5.22. The highest BCUT2D eigenvalue weighted by Crippen LogP contribution is 2.15. The maximum atomic E-state index is 9.88.